The van der Waals surface area contributed by atoms with Gasteiger partial charge in [-0.1, -0.05) is 6.07 Å². The fraction of sp³-hybridized carbons (Fsp3) is 0.500. The van der Waals surface area contributed by atoms with Gasteiger partial charge in [-0.25, -0.2) is 0 Å². The normalized spacial score (nSPS) is 12.4. The predicted octanol–water partition coefficient (Wildman–Crippen LogP) is 2.63. The summed E-state index contributed by atoms with van der Waals surface area (Å²) in [5.74, 6) is 0.0270. The summed E-state index contributed by atoms with van der Waals surface area (Å²) in [5.41, 5.74) is 3.39. The molecular formula is C14H22N2O. The number of carbonyl (C=O) groups is 1. The first kappa shape index (κ1) is 13.6. The lowest BCUT2D eigenvalue weighted by molar-refractivity contribution is -0.122. The minimum Gasteiger partial charge on any atom is -0.374 e. The Hall–Kier alpha value is -1.51. The average molecular weight is 234 g/mol. The smallest absolute Gasteiger partial charge is 0.242 e. The molecule has 0 saturated heterocycles. The predicted molar refractivity (Wildman–Crippen MR) is 72.3 cm³/mol. The molecule has 3 heteroatoms. The van der Waals surface area contributed by atoms with Crippen LogP contribution < -0.4 is 10.6 Å². The molecule has 17 heavy (non-hydrogen) atoms. The molecule has 0 fully saturated rings. The van der Waals surface area contributed by atoms with Crippen molar-refractivity contribution in [3.63, 3.8) is 0 Å². The van der Waals surface area contributed by atoms with Gasteiger partial charge in [0.1, 0.15) is 6.04 Å². The molecule has 1 aromatic carbocycles. The molecular weight excluding hydrogens is 212 g/mol. The third-order valence-electron chi connectivity index (χ3n) is 2.43. The summed E-state index contributed by atoms with van der Waals surface area (Å²) >= 11 is 0. The zero-order chi connectivity index (χ0) is 13.0. The molecule has 94 valence electrons. The van der Waals surface area contributed by atoms with Crippen LogP contribution in [0, 0.1) is 13.8 Å². The molecule has 0 aliphatic heterocycles. The number of benzene rings is 1. The molecule has 0 radical (unpaired) electrons. The van der Waals surface area contributed by atoms with Crippen LogP contribution in [0.3, 0.4) is 0 Å². The molecule has 0 spiro atoms. The molecule has 1 rings (SSSR count). The molecule has 1 atom stereocenters. The Labute approximate surface area is 104 Å². The van der Waals surface area contributed by atoms with Crippen molar-refractivity contribution in [3.05, 3.63) is 29.3 Å². The van der Waals surface area contributed by atoms with Crippen LogP contribution in [0.15, 0.2) is 18.2 Å². The fourth-order valence-electron chi connectivity index (χ4n) is 1.78. The van der Waals surface area contributed by atoms with Gasteiger partial charge < -0.3 is 10.6 Å². The Morgan fingerprint density at radius 2 is 1.59 bits per heavy atom. The highest BCUT2D eigenvalue weighted by Gasteiger charge is 2.13. The number of rotatable bonds is 4. The quantitative estimate of drug-likeness (QED) is 0.841. The summed E-state index contributed by atoms with van der Waals surface area (Å²) < 4.78 is 0. The maximum atomic E-state index is 11.8. The summed E-state index contributed by atoms with van der Waals surface area (Å²) in [4.78, 5) is 11.8. The topological polar surface area (TPSA) is 41.1 Å². The highest BCUT2D eigenvalue weighted by molar-refractivity contribution is 5.84. The Bertz CT molecular complexity index is 379. The van der Waals surface area contributed by atoms with Gasteiger partial charge in [0, 0.05) is 11.7 Å². The molecule has 0 bridgehead atoms. The molecule has 0 saturated carbocycles. The van der Waals surface area contributed by atoms with Crippen LogP contribution in [0.25, 0.3) is 0 Å². The van der Waals surface area contributed by atoms with Crippen LogP contribution in [0.5, 0.6) is 0 Å². The highest BCUT2D eigenvalue weighted by atomic mass is 16.2. The second kappa shape index (κ2) is 5.71. The van der Waals surface area contributed by atoms with Crippen molar-refractivity contribution in [2.24, 2.45) is 0 Å². The van der Waals surface area contributed by atoms with E-state index in [1.165, 1.54) is 11.1 Å². The Morgan fingerprint density at radius 3 is 2.06 bits per heavy atom. The van der Waals surface area contributed by atoms with Crippen molar-refractivity contribution in [1.29, 1.82) is 0 Å². The summed E-state index contributed by atoms with van der Waals surface area (Å²) in [6, 6.07) is 6.16. The van der Waals surface area contributed by atoms with Gasteiger partial charge in [-0.15, -0.1) is 0 Å². The molecule has 0 heterocycles. The summed E-state index contributed by atoms with van der Waals surface area (Å²) in [5, 5.41) is 6.11. The maximum absolute atomic E-state index is 11.8. The number of amides is 1. The van der Waals surface area contributed by atoms with E-state index >= 15 is 0 Å². The third-order valence-corrected chi connectivity index (χ3v) is 2.43. The Morgan fingerprint density at radius 1 is 1.06 bits per heavy atom. The van der Waals surface area contributed by atoms with E-state index in [1.807, 2.05) is 32.9 Å². The second-order valence-corrected chi connectivity index (χ2v) is 4.91. The highest BCUT2D eigenvalue weighted by Crippen LogP contribution is 2.14. The zero-order valence-corrected chi connectivity index (χ0v) is 11.3. The van der Waals surface area contributed by atoms with E-state index in [2.05, 4.69) is 30.5 Å². The lowest BCUT2D eigenvalue weighted by Crippen LogP contribution is -2.40. The van der Waals surface area contributed by atoms with Crippen LogP contribution in [-0.4, -0.2) is 18.0 Å². The van der Waals surface area contributed by atoms with Gasteiger partial charge >= 0.3 is 0 Å². The van der Waals surface area contributed by atoms with E-state index in [9.17, 15) is 4.79 Å². The van der Waals surface area contributed by atoms with Crippen LogP contribution >= 0.6 is 0 Å². The fourth-order valence-corrected chi connectivity index (χ4v) is 1.78. The van der Waals surface area contributed by atoms with Gasteiger partial charge in [-0.2, -0.15) is 0 Å². The molecule has 1 unspecified atom stereocenters. The molecule has 0 aliphatic rings. The molecule has 0 aliphatic carbocycles. The molecule has 1 aromatic rings. The lowest BCUT2D eigenvalue weighted by atomic mass is 10.1. The number of aryl methyl sites for hydroxylation is 2. The van der Waals surface area contributed by atoms with Gasteiger partial charge in [0.05, 0.1) is 0 Å². The van der Waals surface area contributed by atoms with Crippen molar-refractivity contribution < 1.29 is 4.79 Å². The summed E-state index contributed by atoms with van der Waals surface area (Å²) in [6.45, 7) is 9.90. The van der Waals surface area contributed by atoms with E-state index < -0.39 is 0 Å². The van der Waals surface area contributed by atoms with Crippen LogP contribution in [0.4, 0.5) is 5.69 Å². The van der Waals surface area contributed by atoms with E-state index in [0.29, 0.717) is 0 Å². The summed E-state index contributed by atoms with van der Waals surface area (Å²) in [6.07, 6.45) is 0. The second-order valence-electron chi connectivity index (χ2n) is 4.91. The average Bonchev–Trinajstić information content (AvgIpc) is 2.14. The number of hydrogen-bond donors (Lipinski definition) is 2. The standard InChI is InChI=1S/C14H22N2O/c1-9(2)15-14(17)12(5)16-13-7-10(3)6-11(4)8-13/h6-9,12,16H,1-5H3,(H,15,17). The van der Waals surface area contributed by atoms with E-state index in [4.69, 9.17) is 0 Å². The Kier molecular flexibility index (Phi) is 4.55. The van der Waals surface area contributed by atoms with Crippen LogP contribution in [0.1, 0.15) is 31.9 Å². The first-order valence-corrected chi connectivity index (χ1v) is 6.03. The molecule has 1 amide bonds. The first-order valence-electron chi connectivity index (χ1n) is 6.03. The third kappa shape index (κ3) is 4.47. The van der Waals surface area contributed by atoms with Gasteiger partial charge in [-0.3, -0.25) is 4.79 Å². The van der Waals surface area contributed by atoms with Crippen molar-refractivity contribution in [2.45, 2.75) is 46.7 Å². The van der Waals surface area contributed by atoms with Crippen molar-refractivity contribution in [1.82, 2.24) is 5.32 Å². The van der Waals surface area contributed by atoms with Gasteiger partial charge in [0.25, 0.3) is 0 Å². The Balaban J connectivity index is 2.67. The first-order chi connectivity index (χ1) is 7.88. The SMILES string of the molecule is Cc1cc(C)cc(NC(C)C(=O)NC(C)C)c1. The minimum atomic E-state index is -0.224. The zero-order valence-electron chi connectivity index (χ0n) is 11.3. The lowest BCUT2D eigenvalue weighted by Gasteiger charge is -2.17. The molecule has 0 aromatic heterocycles. The van der Waals surface area contributed by atoms with Crippen LogP contribution in [0.2, 0.25) is 0 Å². The van der Waals surface area contributed by atoms with Crippen molar-refractivity contribution in [3.8, 4) is 0 Å². The number of hydrogen-bond acceptors (Lipinski definition) is 2. The monoisotopic (exact) mass is 234 g/mol. The van der Waals surface area contributed by atoms with E-state index in [1.54, 1.807) is 0 Å². The van der Waals surface area contributed by atoms with Gasteiger partial charge in [0.15, 0.2) is 0 Å². The van der Waals surface area contributed by atoms with Crippen molar-refractivity contribution >= 4 is 11.6 Å². The molecule has 3 nitrogen and oxygen atoms in total. The summed E-state index contributed by atoms with van der Waals surface area (Å²) in [7, 11) is 0. The largest absolute Gasteiger partial charge is 0.374 e. The van der Waals surface area contributed by atoms with Gasteiger partial charge in [0.2, 0.25) is 5.91 Å². The number of carbonyl (C=O) groups excluding carboxylic acids is 1. The van der Waals surface area contributed by atoms with Crippen molar-refractivity contribution in [2.75, 3.05) is 5.32 Å². The van der Waals surface area contributed by atoms with E-state index in [-0.39, 0.29) is 18.0 Å². The maximum Gasteiger partial charge on any atom is 0.242 e. The molecule has 2 N–H and O–H groups in total. The van der Waals surface area contributed by atoms with Gasteiger partial charge in [-0.05, 0) is 57.9 Å². The number of nitrogens with one attached hydrogen (secondary N) is 2. The minimum absolute atomic E-state index is 0.0270. The van der Waals surface area contributed by atoms with Crippen LogP contribution in [-0.2, 0) is 4.79 Å². The van der Waals surface area contributed by atoms with E-state index in [0.717, 1.165) is 5.69 Å². The number of anilines is 1.